The SMILES string of the molecule is c1ccc(-c2ccc3ccccc3c2-c2ccc(N(c3cccc4c3sc3ccccc34)c3ccc(-c4ccccc4)c4oc5ccccc5c34)cc2)cc1. The van der Waals surface area contributed by atoms with Gasteiger partial charge in [0.1, 0.15) is 11.2 Å². The van der Waals surface area contributed by atoms with Crippen molar-refractivity contribution in [3.8, 4) is 33.4 Å². The molecule has 11 rings (SSSR count). The largest absolute Gasteiger partial charge is 0.455 e. The molecule has 0 fully saturated rings. The van der Waals surface area contributed by atoms with E-state index in [2.05, 4.69) is 205 Å². The van der Waals surface area contributed by atoms with Crippen molar-refractivity contribution in [2.75, 3.05) is 4.90 Å². The van der Waals surface area contributed by atoms with Crippen molar-refractivity contribution in [1.29, 1.82) is 0 Å². The summed E-state index contributed by atoms with van der Waals surface area (Å²) < 4.78 is 9.32. The summed E-state index contributed by atoms with van der Waals surface area (Å²) in [6, 6.07) is 72.1. The van der Waals surface area contributed by atoms with Gasteiger partial charge >= 0.3 is 0 Å². The lowest BCUT2D eigenvalue weighted by molar-refractivity contribution is 0.670. The standard InChI is InChI=1S/C52H33NOS/c1-3-14-34(15-4-1)40-31-28-36-18-7-8-19-39(36)49(40)37-26-29-38(30-27-37)53(46-23-13-22-43-42-20-10-12-25-48(42)55-52(43)46)45-33-32-41(35-16-5-2-6-17-35)51-50(45)44-21-9-11-24-47(44)54-51/h1-33H. The van der Waals surface area contributed by atoms with Crippen LogP contribution >= 0.6 is 11.3 Å². The van der Waals surface area contributed by atoms with Crippen LogP contribution in [-0.4, -0.2) is 0 Å². The minimum Gasteiger partial charge on any atom is -0.455 e. The number of benzene rings is 9. The second kappa shape index (κ2) is 12.9. The van der Waals surface area contributed by atoms with Gasteiger partial charge in [-0.15, -0.1) is 11.3 Å². The van der Waals surface area contributed by atoms with Crippen molar-refractivity contribution in [2.45, 2.75) is 0 Å². The number of rotatable bonds is 6. The zero-order valence-corrected chi connectivity index (χ0v) is 30.6. The van der Waals surface area contributed by atoms with E-state index >= 15 is 0 Å². The molecule has 0 aliphatic heterocycles. The first-order valence-electron chi connectivity index (χ1n) is 18.7. The smallest absolute Gasteiger partial charge is 0.145 e. The Labute approximate surface area is 322 Å². The van der Waals surface area contributed by atoms with Crippen LogP contribution in [0.4, 0.5) is 17.1 Å². The van der Waals surface area contributed by atoms with E-state index in [9.17, 15) is 0 Å². The van der Waals surface area contributed by atoms with Crippen molar-refractivity contribution in [3.05, 3.63) is 200 Å². The number of thiophene rings is 1. The predicted molar refractivity (Wildman–Crippen MR) is 235 cm³/mol. The molecule has 0 saturated carbocycles. The maximum Gasteiger partial charge on any atom is 0.145 e. The Hall–Kier alpha value is -6.94. The van der Waals surface area contributed by atoms with Crippen LogP contribution in [0.2, 0.25) is 0 Å². The molecule has 0 N–H and O–H groups in total. The van der Waals surface area contributed by atoms with Crippen LogP contribution in [-0.2, 0) is 0 Å². The van der Waals surface area contributed by atoms with Crippen LogP contribution in [0.15, 0.2) is 205 Å². The molecule has 0 saturated heterocycles. The van der Waals surface area contributed by atoms with Gasteiger partial charge in [-0.3, -0.25) is 0 Å². The zero-order valence-electron chi connectivity index (χ0n) is 29.8. The lowest BCUT2D eigenvalue weighted by atomic mass is 9.89. The molecule has 9 aromatic carbocycles. The van der Waals surface area contributed by atoms with E-state index in [1.54, 1.807) is 0 Å². The van der Waals surface area contributed by atoms with E-state index in [4.69, 9.17) is 4.42 Å². The van der Waals surface area contributed by atoms with Crippen LogP contribution in [0, 0.1) is 0 Å². The lowest BCUT2D eigenvalue weighted by Gasteiger charge is -2.27. The Morgan fingerprint density at radius 3 is 1.84 bits per heavy atom. The molecule has 0 bridgehead atoms. The van der Waals surface area contributed by atoms with E-state index in [-0.39, 0.29) is 0 Å². The molecule has 258 valence electrons. The number of fused-ring (bicyclic) bond motifs is 7. The van der Waals surface area contributed by atoms with Gasteiger partial charge in [-0.2, -0.15) is 0 Å². The average Bonchev–Trinajstić information content (AvgIpc) is 3.84. The van der Waals surface area contributed by atoms with Gasteiger partial charge in [0.05, 0.1) is 21.5 Å². The molecular weight excluding hydrogens is 687 g/mol. The van der Waals surface area contributed by atoms with Crippen LogP contribution in [0.5, 0.6) is 0 Å². The van der Waals surface area contributed by atoms with Gasteiger partial charge in [0.25, 0.3) is 0 Å². The molecule has 2 aromatic heterocycles. The Morgan fingerprint density at radius 2 is 1.04 bits per heavy atom. The molecular formula is C52H33NOS. The summed E-state index contributed by atoms with van der Waals surface area (Å²) in [5.74, 6) is 0. The summed E-state index contributed by atoms with van der Waals surface area (Å²) in [6.45, 7) is 0. The lowest BCUT2D eigenvalue weighted by Crippen LogP contribution is -2.10. The monoisotopic (exact) mass is 719 g/mol. The summed E-state index contributed by atoms with van der Waals surface area (Å²) in [4.78, 5) is 2.45. The van der Waals surface area contributed by atoms with Crippen LogP contribution < -0.4 is 4.90 Å². The van der Waals surface area contributed by atoms with Crippen LogP contribution in [0.3, 0.4) is 0 Å². The summed E-state index contributed by atoms with van der Waals surface area (Å²) in [6.07, 6.45) is 0. The second-order valence-corrected chi connectivity index (χ2v) is 15.1. The molecule has 0 radical (unpaired) electrons. The van der Waals surface area contributed by atoms with Gasteiger partial charge in [0.2, 0.25) is 0 Å². The molecule has 3 heteroatoms. The fourth-order valence-electron chi connectivity index (χ4n) is 8.38. The fraction of sp³-hybridized carbons (Fsp3) is 0. The summed E-state index contributed by atoms with van der Waals surface area (Å²) in [7, 11) is 0. The predicted octanol–water partition coefficient (Wildman–Crippen LogP) is 15.6. The molecule has 55 heavy (non-hydrogen) atoms. The quantitative estimate of drug-likeness (QED) is 0.170. The molecule has 0 unspecified atom stereocenters. The minimum atomic E-state index is 0.877. The van der Waals surface area contributed by atoms with Gasteiger partial charge in [-0.25, -0.2) is 0 Å². The molecule has 0 spiro atoms. The van der Waals surface area contributed by atoms with E-state index in [1.807, 2.05) is 11.3 Å². The number of furan rings is 1. The third-order valence-electron chi connectivity index (χ3n) is 10.9. The van der Waals surface area contributed by atoms with Gasteiger partial charge in [0, 0.05) is 32.1 Å². The van der Waals surface area contributed by atoms with Crippen molar-refractivity contribution >= 4 is 81.3 Å². The molecule has 11 aromatic rings. The van der Waals surface area contributed by atoms with Gasteiger partial charge in [-0.05, 0) is 81.1 Å². The fourth-order valence-corrected chi connectivity index (χ4v) is 9.58. The average molecular weight is 720 g/mol. The number of hydrogen-bond donors (Lipinski definition) is 0. The molecule has 2 heterocycles. The molecule has 2 nitrogen and oxygen atoms in total. The highest BCUT2D eigenvalue weighted by molar-refractivity contribution is 7.26. The minimum absolute atomic E-state index is 0.877. The van der Waals surface area contributed by atoms with Crippen molar-refractivity contribution in [3.63, 3.8) is 0 Å². The number of anilines is 3. The van der Waals surface area contributed by atoms with Gasteiger partial charge in [0.15, 0.2) is 0 Å². The number of para-hydroxylation sites is 1. The molecule has 0 amide bonds. The summed E-state index contributed by atoms with van der Waals surface area (Å²) in [5, 5.41) is 7.21. The zero-order chi connectivity index (χ0) is 36.3. The topological polar surface area (TPSA) is 16.4 Å². The normalized spacial score (nSPS) is 11.6. The van der Waals surface area contributed by atoms with Gasteiger partial charge < -0.3 is 9.32 Å². The summed E-state index contributed by atoms with van der Waals surface area (Å²) >= 11 is 1.85. The number of hydrogen-bond acceptors (Lipinski definition) is 3. The second-order valence-electron chi connectivity index (χ2n) is 14.0. The van der Waals surface area contributed by atoms with Crippen molar-refractivity contribution in [2.24, 2.45) is 0 Å². The molecule has 0 aliphatic carbocycles. The Kier molecular flexibility index (Phi) is 7.39. The highest BCUT2D eigenvalue weighted by atomic mass is 32.1. The van der Waals surface area contributed by atoms with E-state index in [0.29, 0.717) is 0 Å². The Balaban J connectivity index is 1.18. The first kappa shape index (κ1) is 31.6. The van der Waals surface area contributed by atoms with E-state index < -0.39 is 0 Å². The van der Waals surface area contributed by atoms with Gasteiger partial charge in [-0.1, -0.05) is 158 Å². The maximum atomic E-state index is 6.79. The number of nitrogens with zero attached hydrogens (tertiary/aromatic N) is 1. The maximum absolute atomic E-state index is 6.79. The molecule has 0 aliphatic rings. The summed E-state index contributed by atoms with van der Waals surface area (Å²) in [5.41, 5.74) is 12.1. The third kappa shape index (κ3) is 5.16. The first-order valence-corrected chi connectivity index (χ1v) is 19.5. The highest BCUT2D eigenvalue weighted by Gasteiger charge is 2.24. The van der Waals surface area contributed by atoms with E-state index in [0.717, 1.165) is 50.1 Å². The van der Waals surface area contributed by atoms with Crippen molar-refractivity contribution in [1.82, 2.24) is 0 Å². The highest BCUT2D eigenvalue weighted by Crippen LogP contribution is 2.50. The van der Waals surface area contributed by atoms with Crippen molar-refractivity contribution < 1.29 is 4.42 Å². The van der Waals surface area contributed by atoms with E-state index in [1.165, 1.54) is 53.2 Å². The third-order valence-corrected chi connectivity index (χ3v) is 12.1. The van der Waals surface area contributed by atoms with Crippen LogP contribution in [0.1, 0.15) is 0 Å². The Bertz CT molecular complexity index is 3190. The molecule has 0 atom stereocenters. The Morgan fingerprint density at radius 1 is 0.400 bits per heavy atom. The first-order chi connectivity index (χ1) is 27.3. The van der Waals surface area contributed by atoms with Crippen LogP contribution in [0.25, 0.3) is 86.3 Å².